The predicted octanol–water partition coefficient (Wildman–Crippen LogP) is 0.659. The molecule has 2 atom stereocenters. The minimum atomic E-state index is -0.342. The number of nitrogens with zero attached hydrogens (tertiary/aromatic N) is 1. The summed E-state index contributed by atoms with van der Waals surface area (Å²) in [6, 6.07) is 0. The summed E-state index contributed by atoms with van der Waals surface area (Å²) in [5.74, 6) is 0.0641. The summed E-state index contributed by atoms with van der Waals surface area (Å²) in [6.07, 6.45) is 0.799. The van der Waals surface area contributed by atoms with E-state index in [1.54, 1.807) is 14.0 Å². The fourth-order valence-corrected chi connectivity index (χ4v) is 1.52. The molecule has 0 spiro atoms. The zero-order valence-corrected chi connectivity index (χ0v) is 9.16. The Morgan fingerprint density at radius 1 is 1.71 bits per heavy atom. The monoisotopic (exact) mass is 201 g/mol. The van der Waals surface area contributed by atoms with Crippen LogP contribution in [0.2, 0.25) is 0 Å². The maximum absolute atomic E-state index is 11.7. The van der Waals surface area contributed by atoms with Crippen LogP contribution in [0, 0.1) is 0 Å². The van der Waals surface area contributed by atoms with Crippen LogP contribution < -0.4 is 0 Å². The number of carbonyl (C=O) groups is 1. The molecule has 0 aromatic rings. The summed E-state index contributed by atoms with van der Waals surface area (Å²) in [7, 11) is 1.56. The number of ether oxygens (including phenoxy) is 2. The lowest BCUT2D eigenvalue weighted by Crippen LogP contribution is -2.48. The van der Waals surface area contributed by atoms with Crippen molar-refractivity contribution >= 4 is 5.91 Å². The highest BCUT2D eigenvalue weighted by Gasteiger charge is 2.26. The molecule has 0 bridgehead atoms. The van der Waals surface area contributed by atoms with Gasteiger partial charge in [-0.1, -0.05) is 6.92 Å². The summed E-state index contributed by atoms with van der Waals surface area (Å²) in [6.45, 7) is 5.86. The molecule has 1 amide bonds. The molecule has 14 heavy (non-hydrogen) atoms. The Hall–Kier alpha value is -0.610. The van der Waals surface area contributed by atoms with Crippen LogP contribution in [-0.4, -0.2) is 49.8 Å². The second kappa shape index (κ2) is 5.32. The van der Waals surface area contributed by atoms with Crippen molar-refractivity contribution < 1.29 is 14.3 Å². The van der Waals surface area contributed by atoms with Crippen molar-refractivity contribution in [2.24, 2.45) is 0 Å². The van der Waals surface area contributed by atoms with Gasteiger partial charge in [0.15, 0.2) is 0 Å². The van der Waals surface area contributed by atoms with Gasteiger partial charge in [-0.25, -0.2) is 0 Å². The van der Waals surface area contributed by atoms with E-state index in [9.17, 15) is 4.79 Å². The van der Waals surface area contributed by atoms with Crippen LogP contribution in [0.3, 0.4) is 0 Å². The summed E-state index contributed by atoms with van der Waals surface area (Å²) in [5, 5.41) is 0. The number of morpholine rings is 1. The lowest BCUT2D eigenvalue weighted by Gasteiger charge is -2.33. The van der Waals surface area contributed by atoms with E-state index in [4.69, 9.17) is 9.47 Å². The highest BCUT2D eigenvalue weighted by atomic mass is 16.5. The van der Waals surface area contributed by atoms with Crippen LogP contribution in [0.25, 0.3) is 0 Å². The van der Waals surface area contributed by atoms with Crippen molar-refractivity contribution in [3.05, 3.63) is 0 Å². The summed E-state index contributed by atoms with van der Waals surface area (Å²) < 4.78 is 10.5. The molecule has 1 saturated heterocycles. The third kappa shape index (κ3) is 2.69. The van der Waals surface area contributed by atoms with E-state index in [-0.39, 0.29) is 18.1 Å². The van der Waals surface area contributed by atoms with E-state index < -0.39 is 0 Å². The number of rotatable bonds is 3. The van der Waals surface area contributed by atoms with Gasteiger partial charge in [-0.15, -0.1) is 0 Å². The molecule has 82 valence electrons. The van der Waals surface area contributed by atoms with E-state index in [1.165, 1.54) is 0 Å². The largest absolute Gasteiger partial charge is 0.375 e. The van der Waals surface area contributed by atoms with Gasteiger partial charge in [-0.3, -0.25) is 4.79 Å². The molecular formula is C10H19NO3. The molecule has 2 unspecified atom stereocenters. The molecule has 1 fully saturated rings. The predicted molar refractivity (Wildman–Crippen MR) is 53.1 cm³/mol. The zero-order valence-electron chi connectivity index (χ0n) is 9.16. The molecule has 0 aliphatic carbocycles. The van der Waals surface area contributed by atoms with Crippen LogP contribution in [0.5, 0.6) is 0 Å². The van der Waals surface area contributed by atoms with E-state index in [2.05, 4.69) is 6.92 Å². The molecule has 1 aliphatic rings. The standard InChI is InChI=1S/C10H19NO3/c1-4-9-7-11(5-6-14-9)10(12)8(2)13-3/h8-9H,4-7H2,1-3H3. The normalized spacial score (nSPS) is 24.8. The molecule has 4 nitrogen and oxygen atoms in total. The van der Waals surface area contributed by atoms with Crippen LogP contribution in [0.1, 0.15) is 20.3 Å². The third-order valence-corrected chi connectivity index (χ3v) is 2.61. The molecule has 0 saturated carbocycles. The molecule has 0 radical (unpaired) electrons. The Balaban J connectivity index is 2.47. The lowest BCUT2D eigenvalue weighted by atomic mass is 10.2. The van der Waals surface area contributed by atoms with E-state index in [0.29, 0.717) is 19.7 Å². The van der Waals surface area contributed by atoms with Crippen LogP contribution in [0.4, 0.5) is 0 Å². The molecule has 1 rings (SSSR count). The molecule has 4 heteroatoms. The Morgan fingerprint density at radius 2 is 2.43 bits per heavy atom. The number of carbonyl (C=O) groups excluding carboxylic acids is 1. The minimum Gasteiger partial charge on any atom is -0.375 e. The molecule has 0 aromatic heterocycles. The maximum atomic E-state index is 11.7. The first-order valence-corrected chi connectivity index (χ1v) is 5.12. The van der Waals surface area contributed by atoms with Crippen LogP contribution >= 0.6 is 0 Å². The lowest BCUT2D eigenvalue weighted by molar-refractivity contribution is -0.148. The first-order valence-electron chi connectivity index (χ1n) is 5.12. The Labute approximate surface area is 85.2 Å². The molecule has 1 aliphatic heterocycles. The van der Waals surface area contributed by atoms with Gasteiger partial charge in [0.2, 0.25) is 0 Å². The highest BCUT2D eigenvalue weighted by Crippen LogP contribution is 2.10. The Morgan fingerprint density at radius 3 is 3.00 bits per heavy atom. The minimum absolute atomic E-state index is 0.0641. The summed E-state index contributed by atoms with van der Waals surface area (Å²) in [5.41, 5.74) is 0. The van der Waals surface area contributed by atoms with E-state index in [1.807, 2.05) is 4.90 Å². The van der Waals surface area contributed by atoms with Crippen molar-refractivity contribution in [1.82, 2.24) is 4.90 Å². The van der Waals surface area contributed by atoms with Crippen molar-refractivity contribution in [1.29, 1.82) is 0 Å². The van der Waals surface area contributed by atoms with Gasteiger partial charge in [-0.2, -0.15) is 0 Å². The van der Waals surface area contributed by atoms with Gasteiger partial charge in [0.25, 0.3) is 5.91 Å². The van der Waals surface area contributed by atoms with Gasteiger partial charge in [0.1, 0.15) is 6.10 Å². The second-order valence-electron chi connectivity index (χ2n) is 3.56. The number of amides is 1. The maximum Gasteiger partial charge on any atom is 0.251 e. The SMILES string of the molecule is CCC1CN(C(=O)C(C)OC)CCO1. The van der Waals surface area contributed by atoms with Crippen molar-refractivity contribution in [2.75, 3.05) is 26.8 Å². The van der Waals surface area contributed by atoms with E-state index >= 15 is 0 Å². The molecule has 0 N–H and O–H groups in total. The Kier molecular flexibility index (Phi) is 4.35. The van der Waals surface area contributed by atoms with Crippen LogP contribution in [-0.2, 0) is 14.3 Å². The van der Waals surface area contributed by atoms with Crippen molar-refractivity contribution in [3.63, 3.8) is 0 Å². The van der Waals surface area contributed by atoms with Crippen molar-refractivity contribution in [3.8, 4) is 0 Å². The highest BCUT2D eigenvalue weighted by molar-refractivity contribution is 5.80. The smallest absolute Gasteiger partial charge is 0.251 e. The molecule has 0 aromatic carbocycles. The summed E-state index contributed by atoms with van der Waals surface area (Å²) >= 11 is 0. The fourth-order valence-electron chi connectivity index (χ4n) is 1.52. The first-order chi connectivity index (χ1) is 6.69. The molecule has 1 heterocycles. The second-order valence-corrected chi connectivity index (χ2v) is 3.56. The zero-order chi connectivity index (χ0) is 10.6. The summed E-state index contributed by atoms with van der Waals surface area (Å²) in [4.78, 5) is 13.6. The topological polar surface area (TPSA) is 38.8 Å². The van der Waals surface area contributed by atoms with Crippen LogP contribution in [0.15, 0.2) is 0 Å². The third-order valence-electron chi connectivity index (χ3n) is 2.61. The van der Waals surface area contributed by atoms with Gasteiger partial charge in [-0.05, 0) is 13.3 Å². The average molecular weight is 201 g/mol. The number of hydrogen-bond donors (Lipinski definition) is 0. The quantitative estimate of drug-likeness (QED) is 0.673. The van der Waals surface area contributed by atoms with Gasteiger partial charge < -0.3 is 14.4 Å². The van der Waals surface area contributed by atoms with Crippen molar-refractivity contribution in [2.45, 2.75) is 32.5 Å². The van der Waals surface area contributed by atoms with Gasteiger partial charge >= 0.3 is 0 Å². The van der Waals surface area contributed by atoms with Gasteiger partial charge in [0.05, 0.1) is 12.7 Å². The number of methoxy groups -OCH3 is 1. The van der Waals surface area contributed by atoms with Gasteiger partial charge in [0, 0.05) is 20.2 Å². The average Bonchev–Trinajstić information content (AvgIpc) is 2.27. The molecular weight excluding hydrogens is 182 g/mol. The van der Waals surface area contributed by atoms with E-state index in [0.717, 1.165) is 6.42 Å². The number of hydrogen-bond acceptors (Lipinski definition) is 3. The fraction of sp³-hybridized carbons (Fsp3) is 0.900. The first kappa shape index (κ1) is 11.5. The Bertz CT molecular complexity index is 196.